The van der Waals surface area contributed by atoms with Gasteiger partial charge >= 0.3 is 0 Å². The highest BCUT2D eigenvalue weighted by molar-refractivity contribution is 5.56. The number of phenolic OH excluding ortho intramolecular Hbond substituents is 1. The largest absolute Gasteiger partial charge is 1.00 e. The Morgan fingerprint density at radius 2 is 1.67 bits per heavy atom. The molecule has 0 radical (unpaired) electrons. The zero-order valence-electron chi connectivity index (χ0n) is 8.39. The van der Waals surface area contributed by atoms with Crippen molar-refractivity contribution >= 4 is 0 Å². The molecule has 2 nitrogen and oxygen atoms in total. The Hall–Kier alpha value is -1.10. The third kappa shape index (κ3) is 2.68. The summed E-state index contributed by atoms with van der Waals surface area (Å²) >= 11 is 0. The van der Waals surface area contributed by atoms with Crippen molar-refractivity contribution in [2.24, 2.45) is 7.05 Å². The number of aromatic nitrogens is 1. The highest BCUT2D eigenvalue weighted by atomic mass is 127. The van der Waals surface area contributed by atoms with E-state index in [-0.39, 0.29) is 24.0 Å². The van der Waals surface area contributed by atoms with Gasteiger partial charge in [-0.3, -0.25) is 0 Å². The Morgan fingerprint density at radius 3 is 2.27 bits per heavy atom. The fourth-order valence-corrected chi connectivity index (χ4v) is 1.46. The van der Waals surface area contributed by atoms with Crippen LogP contribution < -0.4 is 28.5 Å². The number of phenols is 1. The Balaban J connectivity index is 0.00000112. The summed E-state index contributed by atoms with van der Waals surface area (Å²) in [5.41, 5.74) is 2.23. The SMILES string of the molecule is C[n+]1ccccc1-c1ccc(O)cc1.[I-]. The summed E-state index contributed by atoms with van der Waals surface area (Å²) in [6.07, 6.45) is 2.00. The number of halogens is 1. The molecule has 2 aromatic rings. The normalized spacial score (nSPS) is 9.40. The van der Waals surface area contributed by atoms with Crippen molar-refractivity contribution in [3.8, 4) is 17.0 Å². The fourth-order valence-electron chi connectivity index (χ4n) is 1.46. The molecule has 0 saturated heterocycles. The third-order valence-electron chi connectivity index (χ3n) is 2.22. The number of benzene rings is 1. The molecule has 0 fully saturated rings. The van der Waals surface area contributed by atoms with Crippen LogP contribution in [0.1, 0.15) is 0 Å². The molecule has 0 unspecified atom stereocenters. The summed E-state index contributed by atoms with van der Waals surface area (Å²) in [6, 6.07) is 13.2. The Labute approximate surface area is 106 Å². The monoisotopic (exact) mass is 313 g/mol. The summed E-state index contributed by atoms with van der Waals surface area (Å²) in [7, 11) is 2.00. The van der Waals surface area contributed by atoms with E-state index in [9.17, 15) is 0 Å². The third-order valence-corrected chi connectivity index (χ3v) is 2.22. The number of aryl methyl sites for hydroxylation is 1. The van der Waals surface area contributed by atoms with Crippen molar-refractivity contribution in [1.29, 1.82) is 0 Å². The maximum Gasteiger partial charge on any atom is 0.212 e. The number of hydrogen-bond donors (Lipinski definition) is 1. The lowest BCUT2D eigenvalue weighted by molar-refractivity contribution is -0.660. The molecule has 1 aromatic carbocycles. The minimum atomic E-state index is 0. The quantitative estimate of drug-likeness (QED) is 0.524. The molecule has 0 spiro atoms. The first-order valence-electron chi connectivity index (χ1n) is 4.51. The fraction of sp³-hybridized carbons (Fsp3) is 0.0833. The van der Waals surface area contributed by atoms with Gasteiger partial charge in [-0.1, -0.05) is 0 Å². The summed E-state index contributed by atoms with van der Waals surface area (Å²) in [4.78, 5) is 0. The molecule has 0 saturated carbocycles. The molecule has 0 amide bonds. The van der Waals surface area contributed by atoms with E-state index in [0.29, 0.717) is 5.75 Å². The highest BCUT2D eigenvalue weighted by Gasteiger charge is 2.06. The molecule has 1 aromatic heterocycles. The number of pyridine rings is 1. The van der Waals surface area contributed by atoms with Gasteiger partial charge in [0.05, 0.1) is 0 Å². The standard InChI is InChI=1S/C12H11NO.HI/c1-13-9-3-2-4-12(13)10-5-7-11(14)8-6-10;/h2-9H,1H3;1H. The molecule has 0 aliphatic carbocycles. The lowest BCUT2D eigenvalue weighted by Crippen LogP contribution is -3.00. The molecule has 15 heavy (non-hydrogen) atoms. The van der Waals surface area contributed by atoms with Crippen LogP contribution in [0.5, 0.6) is 5.75 Å². The van der Waals surface area contributed by atoms with Gasteiger partial charge in [0.15, 0.2) is 6.20 Å². The van der Waals surface area contributed by atoms with Crippen LogP contribution in [0.2, 0.25) is 0 Å². The zero-order chi connectivity index (χ0) is 9.97. The molecule has 0 aliphatic heterocycles. The summed E-state index contributed by atoms with van der Waals surface area (Å²) in [6.45, 7) is 0. The molecule has 0 aliphatic rings. The number of nitrogens with zero attached hydrogens (tertiary/aromatic N) is 1. The second kappa shape index (κ2) is 5.11. The summed E-state index contributed by atoms with van der Waals surface area (Å²) in [5.74, 6) is 0.298. The number of hydrogen-bond acceptors (Lipinski definition) is 1. The van der Waals surface area contributed by atoms with E-state index in [4.69, 9.17) is 5.11 Å². The zero-order valence-corrected chi connectivity index (χ0v) is 10.5. The van der Waals surface area contributed by atoms with Crippen LogP contribution in [0.3, 0.4) is 0 Å². The van der Waals surface area contributed by atoms with E-state index < -0.39 is 0 Å². The first-order chi connectivity index (χ1) is 6.77. The predicted molar refractivity (Wildman–Crippen MR) is 54.7 cm³/mol. The number of aromatic hydroxyl groups is 1. The van der Waals surface area contributed by atoms with Crippen molar-refractivity contribution < 1.29 is 33.7 Å². The predicted octanol–water partition coefficient (Wildman–Crippen LogP) is -1.11. The van der Waals surface area contributed by atoms with E-state index in [1.165, 1.54) is 0 Å². The van der Waals surface area contributed by atoms with Gasteiger partial charge in [-0.25, -0.2) is 4.57 Å². The molecule has 3 heteroatoms. The lowest BCUT2D eigenvalue weighted by Gasteiger charge is -1.99. The molecule has 1 N–H and O–H groups in total. The van der Waals surface area contributed by atoms with Gasteiger partial charge in [0, 0.05) is 17.7 Å². The van der Waals surface area contributed by atoms with Gasteiger partial charge in [0.1, 0.15) is 12.8 Å². The highest BCUT2D eigenvalue weighted by Crippen LogP contribution is 2.17. The average Bonchev–Trinajstić information content (AvgIpc) is 2.20. The van der Waals surface area contributed by atoms with Crippen LogP contribution in [0, 0.1) is 0 Å². The first-order valence-corrected chi connectivity index (χ1v) is 4.51. The van der Waals surface area contributed by atoms with Gasteiger partial charge in [0.2, 0.25) is 5.69 Å². The van der Waals surface area contributed by atoms with Crippen molar-refractivity contribution in [2.75, 3.05) is 0 Å². The molecule has 2 rings (SSSR count). The van der Waals surface area contributed by atoms with Gasteiger partial charge in [-0.2, -0.15) is 0 Å². The number of rotatable bonds is 1. The molecule has 1 heterocycles. The second-order valence-electron chi connectivity index (χ2n) is 3.24. The van der Waals surface area contributed by atoms with Crippen LogP contribution in [0.4, 0.5) is 0 Å². The van der Waals surface area contributed by atoms with Crippen LogP contribution in [-0.2, 0) is 7.05 Å². The van der Waals surface area contributed by atoms with Gasteiger partial charge in [0.25, 0.3) is 0 Å². The van der Waals surface area contributed by atoms with Crippen LogP contribution >= 0.6 is 0 Å². The van der Waals surface area contributed by atoms with E-state index in [1.54, 1.807) is 12.1 Å². The molecule has 78 valence electrons. The van der Waals surface area contributed by atoms with Crippen molar-refractivity contribution in [3.05, 3.63) is 48.7 Å². The summed E-state index contributed by atoms with van der Waals surface area (Å²) < 4.78 is 2.05. The lowest BCUT2D eigenvalue weighted by atomic mass is 10.1. The van der Waals surface area contributed by atoms with E-state index in [0.717, 1.165) is 11.3 Å². The Morgan fingerprint density at radius 1 is 1.00 bits per heavy atom. The van der Waals surface area contributed by atoms with Crippen molar-refractivity contribution in [1.82, 2.24) is 0 Å². The summed E-state index contributed by atoms with van der Waals surface area (Å²) in [5, 5.41) is 9.17. The first kappa shape index (κ1) is 12.0. The second-order valence-corrected chi connectivity index (χ2v) is 3.24. The van der Waals surface area contributed by atoms with Gasteiger partial charge in [-0.15, -0.1) is 0 Å². The minimum Gasteiger partial charge on any atom is -1.00 e. The van der Waals surface area contributed by atoms with Crippen LogP contribution in [0.15, 0.2) is 48.7 Å². The van der Waals surface area contributed by atoms with E-state index >= 15 is 0 Å². The van der Waals surface area contributed by atoms with Crippen LogP contribution in [0.25, 0.3) is 11.3 Å². The maximum absolute atomic E-state index is 9.17. The Kier molecular flexibility index (Phi) is 4.08. The van der Waals surface area contributed by atoms with Crippen LogP contribution in [-0.4, -0.2) is 5.11 Å². The van der Waals surface area contributed by atoms with Gasteiger partial charge in [-0.05, 0) is 30.3 Å². The average molecular weight is 313 g/mol. The molecular formula is C12H12INO. The maximum atomic E-state index is 9.17. The molecule has 0 bridgehead atoms. The van der Waals surface area contributed by atoms with E-state index in [1.807, 2.05) is 48.1 Å². The smallest absolute Gasteiger partial charge is 0.212 e. The van der Waals surface area contributed by atoms with E-state index in [2.05, 4.69) is 0 Å². The van der Waals surface area contributed by atoms with Crippen molar-refractivity contribution in [3.63, 3.8) is 0 Å². The Bertz CT molecular complexity index is 440. The molecular weight excluding hydrogens is 301 g/mol. The topological polar surface area (TPSA) is 24.1 Å². The molecule has 0 atom stereocenters. The van der Waals surface area contributed by atoms with Gasteiger partial charge < -0.3 is 29.1 Å². The van der Waals surface area contributed by atoms with Crippen molar-refractivity contribution in [2.45, 2.75) is 0 Å². The minimum absolute atomic E-state index is 0.